The van der Waals surface area contributed by atoms with Crippen molar-refractivity contribution in [1.82, 2.24) is 0 Å². The zero-order valence-corrected chi connectivity index (χ0v) is 15.1. The van der Waals surface area contributed by atoms with Crippen LogP contribution >= 0.6 is 0 Å². The Kier molecular flexibility index (Phi) is 5.73. The summed E-state index contributed by atoms with van der Waals surface area (Å²) in [7, 11) is 2.49. The summed E-state index contributed by atoms with van der Waals surface area (Å²) in [6.45, 7) is -0.0393. The molecule has 0 bridgehead atoms. The van der Waals surface area contributed by atoms with Gasteiger partial charge in [-0.05, 0) is 35.4 Å². The largest absolute Gasteiger partial charge is 0.494 e. The lowest BCUT2D eigenvalue weighted by Crippen LogP contribution is -2.00. The molecule has 3 nitrogen and oxygen atoms in total. The molecule has 0 aromatic heterocycles. The maximum absolute atomic E-state index is 14.2. The number of hydrogen-bond acceptors (Lipinski definition) is 3. The second kappa shape index (κ2) is 8.21. The quantitative estimate of drug-likeness (QED) is 0.518. The van der Waals surface area contributed by atoms with E-state index in [1.54, 1.807) is 24.3 Å². The first kappa shape index (κ1) is 19.5. The summed E-state index contributed by atoms with van der Waals surface area (Å²) < 4.78 is 70.4. The molecule has 0 aliphatic heterocycles. The van der Waals surface area contributed by atoms with Crippen molar-refractivity contribution in [2.24, 2.45) is 0 Å². The zero-order chi connectivity index (χ0) is 20.3. The van der Waals surface area contributed by atoms with Crippen LogP contribution in [0.2, 0.25) is 0 Å². The molecule has 0 spiro atoms. The third-order valence-corrected chi connectivity index (χ3v) is 4.16. The van der Waals surface area contributed by atoms with Crippen LogP contribution in [0.4, 0.5) is 17.6 Å². The van der Waals surface area contributed by atoms with E-state index in [1.807, 2.05) is 0 Å². The summed E-state index contributed by atoms with van der Waals surface area (Å²) in [6, 6.07) is 11.7. The van der Waals surface area contributed by atoms with Gasteiger partial charge in [0.15, 0.2) is 23.1 Å². The van der Waals surface area contributed by atoms with Gasteiger partial charge in [-0.15, -0.1) is 0 Å². The summed E-state index contributed by atoms with van der Waals surface area (Å²) in [5.41, 5.74) is 1.16. The van der Waals surface area contributed by atoms with E-state index in [2.05, 4.69) is 0 Å². The highest BCUT2D eigenvalue weighted by atomic mass is 19.2. The van der Waals surface area contributed by atoms with E-state index in [0.717, 1.165) is 0 Å². The minimum atomic E-state index is -1.15. The number of halogens is 4. The van der Waals surface area contributed by atoms with Crippen molar-refractivity contribution in [1.29, 1.82) is 0 Å². The topological polar surface area (TPSA) is 27.7 Å². The standard InChI is InChI=1S/C21H16F4O3/c1-26-15-8-7-14(18(22)19(15)23)13-5-3-12(4-6-13)11-28-17-10-9-16(27-2)20(24)21(17)25/h3-10H,11H2,1-2H3. The average molecular weight is 392 g/mol. The van der Waals surface area contributed by atoms with E-state index < -0.39 is 23.3 Å². The van der Waals surface area contributed by atoms with Gasteiger partial charge in [-0.3, -0.25) is 0 Å². The fourth-order valence-corrected chi connectivity index (χ4v) is 2.64. The highest BCUT2D eigenvalue weighted by Crippen LogP contribution is 2.31. The Morgan fingerprint density at radius 1 is 0.607 bits per heavy atom. The van der Waals surface area contributed by atoms with Crippen LogP contribution in [0, 0.1) is 23.3 Å². The molecule has 0 radical (unpaired) electrons. The van der Waals surface area contributed by atoms with Crippen LogP contribution in [0.15, 0.2) is 48.5 Å². The first-order valence-electron chi connectivity index (χ1n) is 8.22. The fourth-order valence-electron chi connectivity index (χ4n) is 2.64. The zero-order valence-electron chi connectivity index (χ0n) is 15.1. The smallest absolute Gasteiger partial charge is 0.204 e. The molecule has 0 atom stereocenters. The molecule has 0 amide bonds. The number of benzene rings is 3. The van der Waals surface area contributed by atoms with Gasteiger partial charge in [0.25, 0.3) is 0 Å². The Bertz CT molecular complexity index is 988. The van der Waals surface area contributed by atoms with Crippen molar-refractivity contribution in [3.63, 3.8) is 0 Å². The summed E-state index contributed by atoms with van der Waals surface area (Å²) in [6.07, 6.45) is 0. The normalized spacial score (nSPS) is 10.6. The summed E-state index contributed by atoms with van der Waals surface area (Å²) in [5.74, 6) is -5.02. The van der Waals surface area contributed by atoms with Crippen LogP contribution in [-0.4, -0.2) is 14.2 Å². The molecule has 7 heteroatoms. The highest BCUT2D eigenvalue weighted by Gasteiger charge is 2.16. The maximum Gasteiger partial charge on any atom is 0.204 e. The van der Waals surface area contributed by atoms with Crippen molar-refractivity contribution in [3.05, 3.63) is 77.4 Å². The van der Waals surface area contributed by atoms with Gasteiger partial charge < -0.3 is 14.2 Å². The minimum absolute atomic E-state index is 0.0393. The van der Waals surface area contributed by atoms with Crippen molar-refractivity contribution in [2.75, 3.05) is 14.2 Å². The number of methoxy groups -OCH3 is 2. The number of ether oxygens (including phenoxy) is 3. The van der Waals surface area contributed by atoms with E-state index in [0.29, 0.717) is 11.1 Å². The summed E-state index contributed by atoms with van der Waals surface area (Å²) in [5, 5.41) is 0. The molecule has 0 aliphatic carbocycles. The van der Waals surface area contributed by atoms with Gasteiger partial charge in [0.1, 0.15) is 6.61 Å². The Morgan fingerprint density at radius 2 is 1.11 bits per heavy atom. The third kappa shape index (κ3) is 3.74. The lowest BCUT2D eigenvalue weighted by molar-refractivity contribution is 0.280. The molecule has 28 heavy (non-hydrogen) atoms. The first-order chi connectivity index (χ1) is 13.5. The lowest BCUT2D eigenvalue weighted by atomic mass is 10.0. The van der Waals surface area contributed by atoms with E-state index in [9.17, 15) is 17.6 Å². The second-order valence-corrected chi connectivity index (χ2v) is 5.82. The predicted molar refractivity (Wildman–Crippen MR) is 95.6 cm³/mol. The van der Waals surface area contributed by atoms with E-state index in [1.165, 1.54) is 38.5 Å². The van der Waals surface area contributed by atoms with Gasteiger partial charge in [-0.2, -0.15) is 13.2 Å². The Balaban J connectivity index is 1.76. The molecular weight excluding hydrogens is 376 g/mol. The SMILES string of the molecule is COc1ccc(OCc2ccc(-c3ccc(OC)c(F)c3F)cc2)c(F)c1F. The minimum Gasteiger partial charge on any atom is -0.494 e. The monoisotopic (exact) mass is 392 g/mol. The molecule has 0 saturated heterocycles. The molecule has 0 unspecified atom stereocenters. The Hall–Kier alpha value is -3.22. The van der Waals surface area contributed by atoms with Crippen LogP contribution in [0.5, 0.6) is 17.2 Å². The molecule has 0 heterocycles. The molecule has 0 fully saturated rings. The summed E-state index contributed by atoms with van der Waals surface area (Å²) >= 11 is 0. The maximum atomic E-state index is 14.2. The van der Waals surface area contributed by atoms with Gasteiger partial charge in [0.2, 0.25) is 17.5 Å². The van der Waals surface area contributed by atoms with Gasteiger partial charge in [-0.1, -0.05) is 24.3 Å². The van der Waals surface area contributed by atoms with Gasteiger partial charge in [0.05, 0.1) is 14.2 Å². The van der Waals surface area contributed by atoms with Gasteiger partial charge >= 0.3 is 0 Å². The molecule has 146 valence electrons. The van der Waals surface area contributed by atoms with Gasteiger partial charge in [-0.25, -0.2) is 4.39 Å². The van der Waals surface area contributed by atoms with Crippen molar-refractivity contribution in [3.8, 4) is 28.4 Å². The van der Waals surface area contributed by atoms with Gasteiger partial charge in [0, 0.05) is 5.56 Å². The Morgan fingerprint density at radius 3 is 1.71 bits per heavy atom. The molecule has 3 rings (SSSR count). The van der Waals surface area contributed by atoms with Crippen LogP contribution < -0.4 is 14.2 Å². The third-order valence-electron chi connectivity index (χ3n) is 4.16. The Labute approximate surface area is 159 Å². The van der Waals surface area contributed by atoms with Crippen molar-refractivity contribution < 1.29 is 31.8 Å². The lowest BCUT2D eigenvalue weighted by Gasteiger charge is -2.11. The molecule has 0 N–H and O–H groups in total. The molecule has 0 saturated carbocycles. The van der Waals surface area contributed by atoms with Crippen LogP contribution in [0.25, 0.3) is 11.1 Å². The molecular formula is C21H16F4O3. The molecule has 3 aromatic carbocycles. The van der Waals surface area contributed by atoms with Crippen molar-refractivity contribution >= 4 is 0 Å². The molecule has 0 aliphatic rings. The van der Waals surface area contributed by atoms with E-state index in [4.69, 9.17) is 14.2 Å². The average Bonchev–Trinajstić information content (AvgIpc) is 2.72. The van der Waals surface area contributed by atoms with Crippen molar-refractivity contribution in [2.45, 2.75) is 6.61 Å². The van der Waals surface area contributed by atoms with E-state index in [-0.39, 0.29) is 29.4 Å². The fraction of sp³-hybridized carbons (Fsp3) is 0.143. The van der Waals surface area contributed by atoms with Crippen LogP contribution in [0.1, 0.15) is 5.56 Å². The molecule has 3 aromatic rings. The number of hydrogen-bond donors (Lipinski definition) is 0. The predicted octanol–water partition coefficient (Wildman–Crippen LogP) is 5.51. The van der Waals surface area contributed by atoms with E-state index >= 15 is 0 Å². The highest BCUT2D eigenvalue weighted by molar-refractivity contribution is 5.65. The van der Waals surface area contributed by atoms with Crippen LogP contribution in [-0.2, 0) is 6.61 Å². The first-order valence-corrected chi connectivity index (χ1v) is 8.22. The number of rotatable bonds is 6. The summed E-state index contributed by atoms with van der Waals surface area (Å²) in [4.78, 5) is 0. The van der Waals surface area contributed by atoms with Crippen LogP contribution in [0.3, 0.4) is 0 Å². The second-order valence-electron chi connectivity index (χ2n) is 5.82.